The van der Waals surface area contributed by atoms with Crippen LogP contribution in [0.5, 0.6) is 0 Å². The first-order valence-electron chi connectivity index (χ1n) is 3.18. The minimum Gasteiger partial charge on any atom is -0.262 e. The fraction of sp³-hybridized carbons (Fsp3) is 0.400. The van der Waals surface area contributed by atoms with Crippen molar-refractivity contribution in [2.24, 2.45) is 7.05 Å². The quantitative estimate of drug-likeness (QED) is 0.706. The predicted octanol–water partition coefficient (Wildman–Crippen LogP) is 1.37. The third-order valence-corrected chi connectivity index (χ3v) is 2.57. The van der Waals surface area contributed by atoms with Gasteiger partial charge in [0.05, 0.1) is 0 Å². The van der Waals surface area contributed by atoms with Gasteiger partial charge in [-0.3, -0.25) is 4.68 Å². The maximum Gasteiger partial charge on any atom is 0.433 e. The van der Waals surface area contributed by atoms with Crippen LogP contribution in [0.2, 0.25) is 0 Å². The molecule has 0 atom stereocenters. The highest BCUT2D eigenvalue weighted by molar-refractivity contribution is 8.13. The SMILES string of the molecule is Cn1nc(S(=O)(=O)Cl)cc1C(F)(F)F. The lowest BCUT2D eigenvalue weighted by Gasteiger charge is -2.04. The fourth-order valence-corrected chi connectivity index (χ4v) is 1.52. The molecule has 0 aromatic carbocycles. The van der Waals surface area contributed by atoms with E-state index in [0.29, 0.717) is 10.7 Å². The van der Waals surface area contributed by atoms with Gasteiger partial charge in [-0.05, 0) is 0 Å². The second kappa shape index (κ2) is 3.13. The van der Waals surface area contributed by atoms with E-state index < -0.39 is 25.9 Å². The molecule has 0 radical (unpaired) electrons. The zero-order chi connectivity index (χ0) is 11.1. The van der Waals surface area contributed by atoms with Gasteiger partial charge in [-0.25, -0.2) is 8.42 Å². The second-order valence-electron chi connectivity index (χ2n) is 2.43. The summed E-state index contributed by atoms with van der Waals surface area (Å²) in [6, 6.07) is 0.377. The topological polar surface area (TPSA) is 52.0 Å². The van der Waals surface area contributed by atoms with E-state index in [1.165, 1.54) is 0 Å². The third kappa shape index (κ3) is 2.18. The van der Waals surface area contributed by atoms with Crippen LogP contribution in [-0.2, 0) is 22.3 Å². The number of aryl methyl sites for hydroxylation is 1. The summed E-state index contributed by atoms with van der Waals surface area (Å²) >= 11 is 0. The summed E-state index contributed by atoms with van der Waals surface area (Å²) in [5.41, 5.74) is -1.17. The predicted molar refractivity (Wildman–Crippen MR) is 41.2 cm³/mol. The zero-order valence-electron chi connectivity index (χ0n) is 6.71. The largest absolute Gasteiger partial charge is 0.433 e. The highest BCUT2D eigenvalue weighted by Crippen LogP contribution is 2.30. The van der Waals surface area contributed by atoms with E-state index in [0.717, 1.165) is 7.05 Å². The molecule has 0 aliphatic heterocycles. The third-order valence-electron chi connectivity index (χ3n) is 1.40. The number of alkyl halides is 3. The number of halogens is 4. The molecule has 0 saturated carbocycles. The van der Waals surface area contributed by atoms with Crippen LogP contribution in [0.25, 0.3) is 0 Å². The van der Waals surface area contributed by atoms with Crippen LogP contribution in [0.1, 0.15) is 5.69 Å². The van der Waals surface area contributed by atoms with Gasteiger partial charge in [0.1, 0.15) is 5.69 Å². The van der Waals surface area contributed by atoms with Crippen molar-refractivity contribution in [2.45, 2.75) is 11.2 Å². The normalized spacial score (nSPS) is 13.2. The molecule has 4 nitrogen and oxygen atoms in total. The molecule has 0 amide bonds. The van der Waals surface area contributed by atoms with E-state index in [2.05, 4.69) is 5.10 Å². The summed E-state index contributed by atoms with van der Waals surface area (Å²) in [7, 11) is 1.58. The van der Waals surface area contributed by atoms with Gasteiger partial charge in [0.15, 0.2) is 5.03 Å². The first-order valence-corrected chi connectivity index (χ1v) is 5.49. The monoisotopic (exact) mass is 248 g/mol. The first kappa shape index (κ1) is 11.3. The highest BCUT2D eigenvalue weighted by atomic mass is 35.7. The van der Waals surface area contributed by atoms with Gasteiger partial charge < -0.3 is 0 Å². The van der Waals surface area contributed by atoms with Crippen LogP contribution in [0.4, 0.5) is 13.2 Å². The number of rotatable bonds is 1. The van der Waals surface area contributed by atoms with E-state index in [1.54, 1.807) is 0 Å². The van der Waals surface area contributed by atoms with Crippen molar-refractivity contribution in [2.75, 3.05) is 0 Å². The van der Waals surface area contributed by atoms with Crippen molar-refractivity contribution in [1.82, 2.24) is 9.78 Å². The molecule has 0 unspecified atom stereocenters. The summed E-state index contributed by atoms with van der Waals surface area (Å²) in [5.74, 6) is 0. The molecule has 14 heavy (non-hydrogen) atoms. The Bertz CT molecular complexity index is 450. The number of nitrogens with zero attached hydrogens (tertiary/aromatic N) is 2. The van der Waals surface area contributed by atoms with E-state index in [4.69, 9.17) is 10.7 Å². The van der Waals surface area contributed by atoms with Gasteiger partial charge in [0.2, 0.25) is 0 Å². The molecule has 9 heteroatoms. The molecule has 1 aromatic heterocycles. The maximum atomic E-state index is 12.2. The van der Waals surface area contributed by atoms with Gasteiger partial charge in [-0.15, -0.1) is 0 Å². The van der Waals surface area contributed by atoms with Crippen molar-refractivity contribution in [1.29, 1.82) is 0 Å². The molecule has 1 rings (SSSR count). The average Bonchev–Trinajstić information content (AvgIpc) is 2.27. The molecule has 1 heterocycles. The smallest absolute Gasteiger partial charge is 0.262 e. The summed E-state index contributed by atoms with van der Waals surface area (Å²) in [5, 5.41) is 2.31. The lowest BCUT2D eigenvalue weighted by atomic mass is 10.4. The Labute approximate surface area is 81.7 Å². The summed E-state index contributed by atoms with van der Waals surface area (Å²) in [4.78, 5) is 0. The molecule has 0 spiro atoms. The molecule has 0 N–H and O–H groups in total. The minimum atomic E-state index is -4.65. The standard InChI is InChI=1S/C5H4ClF3N2O2S/c1-11-3(5(7,8)9)2-4(10-11)14(6,12)13/h2H,1H3. The molecule has 0 aliphatic carbocycles. The summed E-state index contributed by atoms with van der Waals surface area (Å²) in [6.07, 6.45) is -4.65. The van der Waals surface area contributed by atoms with Crippen LogP contribution >= 0.6 is 10.7 Å². The number of hydrogen-bond acceptors (Lipinski definition) is 3. The average molecular weight is 249 g/mol. The molecule has 1 aromatic rings. The molecule has 0 bridgehead atoms. The van der Waals surface area contributed by atoms with E-state index in [-0.39, 0.29) is 0 Å². The van der Waals surface area contributed by atoms with Gasteiger partial charge in [0, 0.05) is 23.8 Å². The molecule has 80 valence electrons. The van der Waals surface area contributed by atoms with Crippen LogP contribution in [-0.4, -0.2) is 18.2 Å². The number of aromatic nitrogens is 2. The zero-order valence-corrected chi connectivity index (χ0v) is 8.28. The van der Waals surface area contributed by atoms with Crippen molar-refractivity contribution in [3.05, 3.63) is 11.8 Å². The minimum absolute atomic E-state index is 0.377. The fourth-order valence-electron chi connectivity index (χ4n) is 0.825. The summed E-state index contributed by atoms with van der Waals surface area (Å²) < 4.78 is 58.2. The molecule has 0 saturated heterocycles. The molecular formula is C5H4ClF3N2O2S. The van der Waals surface area contributed by atoms with Crippen LogP contribution < -0.4 is 0 Å². The Kier molecular flexibility index (Phi) is 2.53. The number of hydrogen-bond donors (Lipinski definition) is 0. The van der Waals surface area contributed by atoms with Crippen molar-refractivity contribution < 1.29 is 21.6 Å². The highest BCUT2D eigenvalue weighted by Gasteiger charge is 2.36. The van der Waals surface area contributed by atoms with Crippen molar-refractivity contribution in [3.63, 3.8) is 0 Å². The van der Waals surface area contributed by atoms with Crippen LogP contribution in [0, 0.1) is 0 Å². The van der Waals surface area contributed by atoms with Gasteiger partial charge in [-0.2, -0.15) is 18.3 Å². The Morgan fingerprint density at radius 3 is 2.21 bits per heavy atom. The maximum absolute atomic E-state index is 12.2. The van der Waals surface area contributed by atoms with Crippen LogP contribution in [0.3, 0.4) is 0 Å². The Morgan fingerprint density at radius 2 is 2.00 bits per heavy atom. The van der Waals surface area contributed by atoms with E-state index >= 15 is 0 Å². The van der Waals surface area contributed by atoms with Crippen LogP contribution in [0.15, 0.2) is 11.1 Å². The Balaban J connectivity index is 3.33. The van der Waals surface area contributed by atoms with Crippen molar-refractivity contribution >= 4 is 19.7 Å². The van der Waals surface area contributed by atoms with E-state index in [1.807, 2.05) is 0 Å². The molecular weight excluding hydrogens is 245 g/mol. The van der Waals surface area contributed by atoms with Crippen molar-refractivity contribution in [3.8, 4) is 0 Å². The van der Waals surface area contributed by atoms with Gasteiger partial charge >= 0.3 is 6.18 Å². The molecule has 0 fully saturated rings. The van der Waals surface area contributed by atoms with Gasteiger partial charge in [-0.1, -0.05) is 0 Å². The lowest BCUT2D eigenvalue weighted by molar-refractivity contribution is -0.143. The molecule has 0 aliphatic rings. The van der Waals surface area contributed by atoms with E-state index in [9.17, 15) is 21.6 Å². The first-order chi connectivity index (χ1) is 6.12. The summed E-state index contributed by atoms with van der Waals surface area (Å²) in [6.45, 7) is 0. The Morgan fingerprint density at radius 1 is 1.50 bits per heavy atom. The second-order valence-corrected chi connectivity index (χ2v) is 4.94. The van der Waals surface area contributed by atoms with Gasteiger partial charge in [0.25, 0.3) is 9.05 Å². The lowest BCUT2D eigenvalue weighted by Crippen LogP contribution is -2.11. The Hall–Kier alpha value is -0.760.